The maximum Gasteiger partial charge on any atom is 0.242 e. The Labute approximate surface area is 353 Å². The Kier molecular flexibility index (Phi) is 8.97. The van der Waals surface area contributed by atoms with Crippen LogP contribution in [0.5, 0.6) is 11.5 Å². The molecule has 298 valence electrons. The van der Waals surface area contributed by atoms with E-state index in [9.17, 15) is 14.7 Å². The Morgan fingerprint density at radius 3 is 2.53 bits per heavy atom. The van der Waals surface area contributed by atoms with Crippen LogP contribution in [0.1, 0.15) is 47.3 Å². The number of hydrogen-bond donors (Lipinski definition) is 1. The summed E-state index contributed by atoms with van der Waals surface area (Å²) in [5.74, 6) is -4.03. The molecule has 0 spiro atoms. The lowest BCUT2D eigenvalue weighted by Crippen LogP contribution is -2.48. The number of rotatable bonds is 8. The van der Waals surface area contributed by atoms with Gasteiger partial charge in [0.25, 0.3) is 0 Å². The molecule has 5 heterocycles. The fourth-order valence-corrected chi connectivity index (χ4v) is 12.2. The second-order valence-electron chi connectivity index (χ2n) is 16.2. The van der Waals surface area contributed by atoms with Gasteiger partial charge in [0.2, 0.25) is 23.6 Å². The van der Waals surface area contributed by atoms with Gasteiger partial charge in [-0.3, -0.25) is 28.8 Å². The van der Waals surface area contributed by atoms with E-state index in [1.165, 1.54) is 21.1 Å². The number of phenols is 1. The van der Waals surface area contributed by atoms with Crippen molar-refractivity contribution in [1.29, 1.82) is 0 Å². The first-order valence-electron chi connectivity index (χ1n) is 19.6. The molecule has 2 aliphatic carbocycles. The average Bonchev–Trinajstić information content (AvgIpc) is 4.04. The van der Waals surface area contributed by atoms with Crippen LogP contribution in [0.4, 0.5) is 5.82 Å². The highest BCUT2D eigenvalue weighted by Gasteiger charge is 2.68. The number of phenolic OH excluding ortho intramolecular Hbond substituents is 1. The quantitative estimate of drug-likeness (QED) is 0.120. The van der Waals surface area contributed by atoms with E-state index in [2.05, 4.69) is 0 Å². The number of aromatic nitrogens is 2. The predicted molar refractivity (Wildman–Crippen MR) is 227 cm³/mol. The van der Waals surface area contributed by atoms with Crippen molar-refractivity contribution in [2.75, 3.05) is 4.90 Å². The molecule has 0 radical (unpaired) electrons. The number of fused-ring (bicyclic) bond motifs is 5. The number of carbonyl (C=O) groups is 4. The lowest BCUT2D eigenvalue weighted by atomic mass is 9.51. The molecule has 2 aliphatic heterocycles. The van der Waals surface area contributed by atoms with Gasteiger partial charge in [-0.15, -0.1) is 22.7 Å². The molecule has 1 saturated carbocycles. The normalized spacial score (nSPS) is 25.1. The zero-order valence-corrected chi connectivity index (χ0v) is 34.8. The van der Waals surface area contributed by atoms with Crippen molar-refractivity contribution < 1.29 is 29.0 Å². The summed E-state index contributed by atoms with van der Waals surface area (Å²) in [4.78, 5) is 63.1. The molecule has 3 aromatic carbocycles. The number of nitrogens with zero attached hydrogens (tertiary/aromatic N) is 4. The van der Waals surface area contributed by atoms with Gasteiger partial charge in [-0.1, -0.05) is 65.7 Å². The molecule has 6 unspecified atom stereocenters. The molecule has 6 atom stereocenters. The first-order chi connectivity index (χ1) is 28.4. The van der Waals surface area contributed by atoms with E-state index in [-0.39, 0.29) is 30.5 Å². The molecule has 1 N–H and O–H groups in total. The molecular formula is C46H39ClN4O6S2. The van der Waals surface area contributed by atoms with Crippen LogP contribution in [0.25, 0.3) is 20.7 Å². The summed E-state index contributed by atoms with van der Waals surface area (Å²) < 4.78 is 8.68. The van der Waals surface area contributed by atoms with E-state index in [1.54, 1.807) is 47.3 Å². The second-order valence-corrected chi connectivity index (χ2v) is 18.7. The van der Waals surface area contributed by atoms with Gasteiger partial charge >= 0.3 is 0 Å². The fraction of sp³-hybridized carbons (Fsp3) is 0.283. The maximum atomic E-state index is 15.3. The third-order valence-corrected chi connectivity index (χ3v) is 15.4. The zero-order chi connectivity index (χ0) is 40.9. The molecule has 3 aromatic heterocycles. The molecule has 59 heavy (non-hydrogen) atoms. The number of hydrogen-bond acceptors (Lipinski definition) is 9. The van der Waals surface area contributed by atoms with Gasteiger partial charge in [-0.05, 0) is 84.8 Å². The number of imide groups is 2. The number of aryl methyl sites for hydroxylation is 2. The van der Waals surface area contributed by atoms with Crippen molar-refractivity contribution >= 4 is 73.8 Å². The largest absolute Gasteiger partial charge is 0.508 e. The number of halogens is 1. The molecule has 10 nitrogen and oxygen atoms in total. The van der Waals surface area contributed by atoms with Crippen molar-refractivity contribution in [3.05, 3.63) is 129 Å². The number of likely N-dealkylation sites (tertiary alicyclic amines) is 1. The van der Waals surface area contributed by atoms with Crippen LogP contribution in [-0.2, 0) is 39.4 Å². The molecule has 0 bridgehead atoms. The molecule has 3 fully saturated rings. The number of carbonyl (C=O) groups excluding carboxylic acids is 4. The summed E-state index contributed by atoms with van der Waals surface area (Å²) in [6.45, 7) is 4.31. The van der Waals surface area contributed by atoms with E-state index in [4.69, 9.17) is 21.4 Å². The Balaban J connectivity index is 1.05. The van der Waals surface area contributed by atoms with Crippen LogP contribution in [0.2, 0.25) is 5.02 Å². The molecule has 4 amide bonds. The standard InChI is InChI=1S/C46H39ClN4O6S2/c1-24-32-18-26(47)11-16-37(32)59-41(24)35-21-38(49(3)48-35)51-43(54)34-20-33-29(14-15-31-39(33)44(55)50(42(31)53)22-28-10-7-17-58-28)40(46(34,2)45(51)56)30-13-12-27(19-36(30)52)57-23-25-8-5-4-6-9-25/h4-14,16-19,21,31,33-34,39-40,52H,15,20,22-23H2,1-3H3. The minimum absolute atomic E-state index is 0.0841. The van der Waals surface area contributed by atoms with E-state index >= 15 is 9.59 Å². The van der Waals surface area contributed by atoms with Crippen molar-refractivity contribution in [3.8, 4) is 22.1 Å². The number of amides is 4. The van der Waals surface area contributed by atoms with Gasteiger partial charge in [-0.2, -0.15) is 5.10 Å². The lowest BCUT2D eigenvalue weighted by Gasteiger charge is -2.49. The van der Waals surface area contributed by atoms with Crippen molar-refractivity contribution in [2.45, 2.75) is 45.8 Å². The third-order valence-electron chi connectivity index (χ3n) is 13.0. The first kappa shape index (κ1) is 37.7. The third kappa shape index (κ3) is 5.82. The SMILES string of the molecule is Cc1c(-c2cc(N3C(=O)C4CC5C(=CCC6C(=O)N(Cc7cccs7)C(=O)C65)C(c5ccc(OCc6ccccc6)cc5O)C4(C)C3=O)n(C)n2)sc2ccc(Cl)cc12. The number of anilines is 1. The van der Waals surface area contributed by atoms with Crippen LogP contribution < -0.4 is 9.64 Å². The van der Waals surface area contributed by atoms with Crippen molar-refractivity contribution in [3.63, 3.8) is 0 Å². The molecule has 2 saturated heterocycles. The highest BCUT2D eigenvalue weighted by Crippen LogP contribution is 2.64. The molecule has 13 heteroatoms. The minimum atomic E-state index is -1.35. The summed E-state index contributed by atoms with van der Waals surface area (Å²) in [6.07, 6.45) is 2.51. The van der Waals surface area contributed by atoms with Gasteiger partial charge in [0, 0.05) is 45.3 Å². The predicted octanol–water partition coefficient (Wildman–Crippen LogP) is 9.04. The number of allylic oxidation sites excluding steroid dienone is 2. The van der Waals surface area contributed by atoms with Crippen molar-refractivity contribution in [2.24, 2.45) is 36.1 Å². The average molecular weight is 843 g/mol. The highest BCUT2D eigenvalue weighted by atomic mass is 35.5. The lowest BCUT2D eigenvalue weighted by molar-refractivity contribution is -0.141. The Morgan fingerprint density at radius 1 is 0.949 bits per heavy atom. The summed E-state index contributed by atoms with van der Waals surface area (Å²) in [7, 11) is 1.72. The van der Waals surface area contributed by atoms with Crippen LogP contribution in [-0.4, -0.2) is 43.4 Å². The Morgan fingerprint density at radius 2 is 1.76 bits per heavy atom. The minimum Gasteiger partial charge on any atom is -0.508 e. The second kappa shape index (κ2) is 14.0. The monoisotopic (exact) mass is 842 g/mol. The highest BCUT2D eigenvalue weighted by molar-refractivity contribution is 7.22. The van der Waals surface area contributed by atoms with E-state index in [0.717, 1.165) is 36.5 Å². The van der Waals surface area contributed by atoms with Gasteiger partial charge in [-0.25, -0.2) is 4.90 Å². The number of benzene rings is 3. The number of ether oxygens (including phenoxy) is 1. The Bertz CT molecular complexity index is 2760. The summed E-state index contributed by atoms with van der Waals surface area (Å²) >= 11 is 9.40. The van der Waals surface area contributed by atoms with Crippen LogP contribution in [0.3, 0.4) is 0 Å². The number of thiophene rings is 2. The smallest absolute Gasteiger partial charge is 0.242 e. The van der Waals surface area contributed by atoms with Gasteiger partial charge in [0.1, 0.15) is 29.6 Å². The molecule has 6 aromatic rings. The topological polar surface area (TPSA) is 122 Å². The van der Waals surface area contributed by atoms with E-state index in [0.29, 0.717) is 40.9 Å². The summed E-state index contributed by atoms with van der Waals surface area (Å²) in [5, 5.41) is 20.3. The summed E-state index contributed by atoms with van der Waals surface area (Å²) in [5.41, 5.74) is 2.49. The van der Waals surface area contributed by atoms with E-state index in [1.807, 2.05) is 86.0 Å². The van der Waals surface area contributed by atoms with Crippen LogP contribution in [0, 0.1) is 36.0 Å². The fourth-order valence-electron chi connectivity index (χ4n) is 10.2. The first-order valence-corrected chi connectivity index (χ1v) is 21.7. The van der Waals surface area contributed by atoms with Crippen LogP contribution in [0.15, 0.2) is 102 Å². The van der Waals surface area contributed by atoms with Gasteiger partial charge < -0.3 is 9.84 Å². The molecule has 4 aliphatic rings. The van der Waals surface area contributed by atoms with Crippen LogP contribution >= 0.6 is 34.3 Å². The van der Waals surface area contributed by atoms with Crippen molar-refractivity contribution in [1.82, 2.24) is 14.7 Å². The van der Waals surface area contributed by atoms with E-state index < -0.39 is 46.8 Å². The Hall–Kier alpha value is -5.56. The van der Waals surface area contributed by atoms with Gasteiger partial charge in [0.05, 0.1) is 34.6 Å². The molecular weight excluding hydrogens is 804 g/mol. The number of aromatic hydroxyl groups is 1. The maximum absolute atomic E-state index is 15.3. The van der Waals surface area contributed by atoms with Gasteiger partial charge in [0.15, 0.2) is 0 Å². The zero-order valence-electron chi connectivity index (χ0n) is 32.4. The molecule has 10 rings (SSSR count). The summed E-state index contributed by atoms with van der Waals surface area (Å²) in [6, 6.07) is 26.1.